The van der Waals surface area contributed by atoms with Crippen LogP contribution in [-0.2, 0) is 10.3 Å². The Kier molecular flexibility index (Phi) is 4.76. The summed E-state index contributed by atoms with van der Waals surface area (Å²) in [6, 6.07) is 0. The van der Waals surface area contributed by atoms with E-state index in [1.165, 1.54) is 12.8 Å². The van der Waals surface area contributed by atoms with Gasteiger partial charge in [0.1, 0.15) is 5.54 Å². The number of nitrogens with one attached hydrogen (secondary N) is 2. The number of nitrogens with zero attached hydrogens (tertiary/aromatic N) is 2. The molecule has 2 heterocycles. The standard InChI is InChI=1S/C16H26N4O2/c1-12-18-15(20-22-12)16(8-2-3-9-16)19-14(21)5-4-13-6-10-17-11-7-13/h13,17H,2-11H2,1H3,(H,19,21). The molecule has 3 rings (SSSR count). The third-order valence-electron chi connectivity index (χ3n) is 5.03. The molecule has 0 unspecified atom stereocenters. The number of aryl methyl sites for hydroxylation is 1. The molecule has 2 N–H and O–H groups in total. The van der Waals surface area contributed by atoms with Crippen LogP contribution >= 0.6 is 0 Å². The van der Waals surface area contributed by atoms with Crippen LogP contribution < -0.4 is 10.6 Å². The van der Waals surface area contributed by atoms with Crippen molar-refractivity contribution in [3.63, 3.8) is 0 Å². The highest BCUT2D eigenvalue weighted by atomic mass is 16.5. The zero-order valence-electron chi connectivity index (χ0n) is 13.4. The van der Waals surface area contributed by atoms with E-state index in [9.17, 15) is 4.79 Å². The Labute approximate surface area is 131 Å². The quantitative estimate of drug-likeness (QED) is 0.870. The van der Waals surface area contributed by atoms with E-state index >= 15 is 0 Å². The van der Waals surface area contributed by atoms with Crippen LogP contribution in [-0.4, -0.2) is 29.1 Å². The zero-order valence-corrected chi connectivity index (χ0v) is 13.4. The fourth-order valence-electron chi connectivity index (χ4n) is 3.71. The van der Waals surface area contributed by atoms with Gasteiger partial charge in [-0.05, 0) is 51.1 Å². The van der Waals surface area contributed by atoms with Crippen LogP contribution in [0, 0.1) is 12.8 Å². The summed E-state index contributed by atoms with van der Waals surface area (Å²) in [5, 5.41) is 10.6. The molecule has 2 aliphatic rings. The lowest BCUT2D eigenvalue weighted by atomic mass is 9.92. The van der Waals surface area contributed by atoms with Crippen LogP contribution in [0.3, 0.4) is 0 Å². The molecule has 0 bridgehead atoms. The first-order chi connectivity index (χ1) is 10.7. The van der Waals surface area contributed by atoms with E-state index < -0.39 is 5.54 Å². The molecule has 1 aliphatic carbocycles. The van der Waals surface area contributed by atoms with E-state index in [1.54, 1.807) is 6.92 Å². The summed E-state index contributed by atoms with van der Waals surface area (Å²) >= 11 is 0. The van der Waals surface area contributed by atoms with Crippen molar-refractivity contribution in [2.75, 3.05) is 13.1 Å². The molecule has 0 spiro atoms. The van der Waals surface area contributed by atoms with Crippen molar-refractivity contribution in [3.8, 4) is 0 Å². The maximum Gasteiger partial charge on any atom is 0.223 e. The minimum Gasteiger partial charge on any atom is -0.343 e. The van der Waals surface area contributed by atoms with E-state index in [0.717, 1.165) is 45.2 Å². The summed E-state index contributed by atoms with van der Waals surface area (Å²) in [6.07, 6.45) is 7.96. The van der Waals surface area contributed by atoms with Gasteiger partial charge in [-0.15, -0.1) is 0 Å². The van der Waals surface area contributed by atoms with Crippen LogP contribution in [0.25, 0.3) is 0 Å². The highest BCUT2D eigenvalue weighted by Crippen LogP contribution is 2.37. The number of rotatable bonds is 5. The Morgan fingerprint density at radius 3 is 2.73 bits per heavy atom. The van der Waals surface area contributed by atoms with Crippen molar-refractivity contribution in [2.45, 2.75) is 63.8 Å². The van der Waals surface area contributed by atoms with Crippen molar-refractivity contribution in [3.05, 3.63) is 11.7 Å². The maximum atomic E-state index is 12.4. The summed E-state index contributed by atoms with van der Waals surface area (Å²) in [7, 11) is 0. The van der Waals surface area contributed by atoms with E-state index in [0.29, 0.717) is 24.1 Å². The predicted octanol–water partition coefficient (Wildman–Crippen LogP) is 2.04. The van der Waals surface area contributed by atoms with Crippen LogP contribution in [0.5, 0.6) is 0 Å². The monoisotopic (exact) mass is 306 g/mol. The van der Waals surface area contributed by atoms with Gasteiger partial charge in [-0.2, -0.15) is 4.98 Å². The SMILES string of the molecule is Cc1nc(C2(NC(=O)CCC3CCNCC3)CCCC2)no1. The number of piperidine rings is 1. The van der Waals surface area contributed by atoms with E-state index in [-0.39, 0.29) is 5.91 Å². The van der Waals surface area contributed by atoms with Crippen LogP contribution in [0.2, 0.25) is 0 Å². The average Bonchev–Trinajstić information content (AvgIpc) is 3.16. The first-order valence-corrected chi connectivity index (χ1v) is 8.50. The van der Waals surface area contributed by atoms with Crippen molar-refractivity contribution in [1.29, 1.82) is 0 Å². The topological polar surface area (TPSA) is 80.0 Å². The van der Waals surface area contributed by atoms with Crippen molar-refractivity contribution in [1.82, 2.24) is 20.8 Å². The predicted molar refractivity (Wildman–Crippen MR) is 82.2 cm³/mol. The summed E-state index contributed by atoms with van der Waals surface area (Å²) in [5.41, 5.74) is -0.400. The average molecular weight is 306 g/mol. The fraction of sp³-hybridized carbons (Fsp3) is 0.812. The highest BCUT2D eigenvalue weighted by Gasteiger charge is 2.41. The van der Waals surface area contributed by atoms with Gasteiger partial charge in [0.25, 0.3) is 0 Å². The molecule has 1 amide bonds. The minimum atomic E-state index is -0.400. The van der Waals surface area contributed by atoms with Gasteiger partial charge in [-0.25, -0.2) is 0 Å². The second-order valence-electron chi connectivity index (χ2n) is 6.71. The number of carbonyl (C=O) groups is 1. The van der Waals surface area contributed by atoms with Gasteiger partial charge >= 0.3 is 0 Å². The molecule has 1 saturated carbocycles. The molecular weight excluding hydrogens is 280 g/mol. The molecule has 22 heavy (non-hydrogen) atoms. The Hall–Kier alpha value is -1.43. The van der Waals surface area contributed by atoms with Crippen molar-refractivity contribution in [2.24, 2.45) is 5.92 Å². The van der Waals surface area contributed by atoms with Gasteiger partial charge in [0.15, 0.2) is 5.82 Å². The second kappa shape index (κ2) is 6.77. The lowest BCUT2D eigenvalue weighted by Crippen LogP contribution is -2.44. The second-order valence-corrected chi connectivity index (χ2v) is 6.71. The minimum absolute atomic E-state index is 0.128. The third kappa shape index (κ3) is 3.48. The number of hydrogen-bond acceptors (Lipinski definition) is 5. The number of amides is 1. The maximum absolute atomic E-state index is 12.4. The molecule has 1 aliphatic heterocycles. The first kappa shape index (κ1) is 15.5. The number of hydrogen-bond donors (Lipinski definition) is 2. The van der Waals surface area contributed by atoms with Crippen molar-refractivity contribution < 1.29 is 9.32 Å². The summed E-state index contributed by atoms with van der Waals surface area (Å²) < 4.78 is 5.12. The molecule has 2 fully saturated rings. The lowest BCUT2D eigenvalue weighted by molar-refractivity contribution is -0.123. The summed E-state index contributed by atoms with van der Waals surface area (Å²) in [5.74, 6) is 2.02. The van der Waals surface area contributed by atoms with Crippen LogP contribution in [0.1, 0.15) is 63.1 Å². The van der Waals surface area contributed by atoms with E-state index in [2.05, 4.69) is 20.8 Å². The van der Waals surface area contributed by atoms with Crippen molar-refractivity contribution >= 4 is 5.91 Å². The van der Waals surface area contributed by atoms with E-state index in [1.807, 2.05) is 0 Å². The molecule has 1 aromatic rings. The first-order valence-electron chi connectivity index (χ1n) is 8.50. The Morgan fingerprint density at radius 2 is 2.09 bits per heavy atom. The number of aromatic nitrogens is 2. The van der Waals surface area contributed by atoms with Crippen LogP contribution in [0.15, 0.2) is 4.52 Å². The highest BCUT2D eigenvalue weighted by molar-refractivity contribution is 5.77. The zero-order chi connectivity index (χ0) is 15.4. The molecule has 0 atom stereocenters. The summed E-state index contributed by atoms with van der Waals surface area (Å²) in [6.45, 7) is 3.95. The van der Waals surface area contributed by atoms with Gasteiger partial charge in [0.05, 0.1) is 0 Å². The molecule has 6 nitrogen and oxygen atoms in total. The van der Waals surface area contributed by atoms with E-state index in [4.69, 9.17) is 4.52 Å². The van der Waals surface area contributed by atoms with Gasteiger partial charge < -0.3 is 15.2 Å². The molecule has 0 radical (unpaired) electrons. The molecule has 122 valence electrons. The fourth-order valence-corrected chi connectivity index (χ4v) is 3.71. The molecule has 6 heteroatoms. The molecular formula is C16H26N4O2. The normalized spacial score (nSPS) is 21.9. The van der Waals surface area contributed by atoms with Gasteiger partial charge in [-0.3, -0.25) is 4.79 Å². The summed E-state index contributed by atoms with van der Waals surface area (Å²) in [4.78, 5) is 16.8. The van der Waals surface area contributed by atoms with Crippen LogP contribution in [0.4, 0.5) is 0 Å². The molecule has 0 aromatic carbocycles. The molecule has 1 saturated heterocycles. The third-order valence-corrected chi connectivity index (χ3v) is 5.03. The number of carbonyl (C=O) groups excluding carboxylic acids is 1. The molecule has 1 aromatic heterocycles. The Bertz CT molecular complexity index is 502. The Balaban J connectivity index is 1.57. The van der Waals surface area contributed by atoms with Gasteiger partial charge in [0.2, 0.25) is 11.8 Å². The van der Waals surface area contributed by atoms with Gasteiger partial charge in [0, 0.05) is 13.3 Å². The van der Waals surface area contributed by atoms with Gasteiger partial charge in [-0.1, -0.05) is 18.0 Å². The largest absolute Gasteiger partial charge is 0.343 e. The lowest BCUT2D eigenvalue weighted by Gasteiger charge is -2.27. The Morgan fingerprint density at radius 1 is 1.36 bits per heavy atom. The smallest absolute Gasteiger partial charge is 0.223 e.